The first-order chi connectivity index (χ1) is 31.7. The second-order valence-electron chi connectivity index (χ2n) is 16.6. The summed E-state index contributed by atoms with van der Waals surface area (Å²) < 4.78 is 69.0. The Morgan fingerprint density at radius 1 is 0.716 bits per heavy atom. The second-order valence-corrected chi connectivity index (χ2v) is 18.6. The van der Waals surface area contributed by atoms with E-state index in [1.165, 1.54) is 41.2 Å². The highest BCUT2D eigenvalue weighted by Gasteiger charge is 2.47. The first-order valence-electron chi connectivity index (χ1n) is 20.4. The normalized spacial score (nSPS) is 12.4. The topological polar surface area (TPSA) is 190 Å². The summed E-state index contributed by atoms with van der Waals surface area (Å²) in [5, 5.41) is 16.1. The molecule has 348 valence electrons. The number of anilines is 2. The molecule has 67 heavy (non-hydrogen) atoms. The van der Waals surface area contributed by atoms with Crippen molar-refractivity contribution in [3.8, 4) is 34.5 Å². The SMILES string of the molecule is CC(C)(C)OC(=O)N(C(=O)CSc1nnc(-c2ccc(-c3ccc(NC(=O)C(Sc4nnc(-c5ccco5)n4Cc4ccccc4)C(F)(F)F)cc3)o2)n1C(=O)OC(C)(C)C)c1ccccc1. The highest BCUT2D eigenvalue weighted by Crippen LogP contribution is 2.38. The molecule has 7 rings (SSSR count). The van der Waals surface area contributed by atoms with Crippen molar-refractivity contribution in [1.29, 1.82) is 0 Å². The molecule has 0 fully saturated rings. The Morgan fingerprint density at radius 2 is 1.34 bits per heavy atom. The third kappa shape index (κ3) is 12.0. The van der Waals surface area contributed by atoms with Crippen LogP contribution in [-0.2, 0) is 25.6 Å². The number of para-hydroxylation sites is 1. The smallest absolute Gasteiger partial charge is 0.422 e. The van der Waals surface area contributed by atoms with Crippen molar-refractivity contribution >= 4 is 58.9 Å². The van der Waals surface area contributed by atoms with Crippen molar-refractivity contribution in [3.05, 3.63) is 121 Å². The molecule has 7 aromatic rings. The van der Waals surface area contributed by atoms with Gasteiger partial charge in [0, 0.05) is 11.3 Å². The molecule has 3 aromatic carbocycles. The van der Waals surface area contributed by atoms with Crippen LogP contribution >= 0.6 is 23.5 Å². The number of amides is 3. The zero-order valence-electron chi connectivity index (χ0n) is 36.8. The van der Waals surface area contributed by atoms with Crippen LogP contribution in [0.4, 0.5) is 34.1 Å². The van der Waals surface area contributed by atoms with E-state index < -0.39 is 46.6 Å². The number of carbonyl (C=O) groups excluding carboxylic acids is 4. The van der Waals surface area contributed by atoms with E-state index in [4.69, 9.17) is 18.3 Å². The summed E-state index contributed by atoms with van der Waals surface area (Å²) in [6.45, 7) is 10.1. The number of thioether (sulfide) groups is 2. The van der Waals surface area contributed by atoms with Gasteiger partial charge in [0.25, 0.3) is 0 Å². The van der Waals surface area contributed by atoms with Gasteiger partial charge in [0.05, 0.1) is 24.2 Å². The van der Waals surface area contributed by atoms with Gasteiger partial charge in [-0.3, -0.25) is 14.2 Å². The molecule has 0 aliphatic carbocycles. The van der Waals surface area contributed by atoms with E-state index >= 15 is 0 Å². The summed E-state index contributed by atoms with van der Waals surface area (Å²) in [6, 6.07) is 29.4. The predicted molar refractivity (Wildman–Crippen MR) is 243 cm³/mol. The van der Waals surface area contributed by atoms with Crippen LogP contribution < -0.4 is 10.2 Å². The molecule has 1 unspecified atom stereocenters. The summed E-state index contributed by atoms with van der Waals surface area (Å²) >= 11 is 1.04. The number of imide groups is 1. The largest absolute Gasteiger partial charge is 0.461 e. The van der Waals surface area contributed by atoms with E-state index in [0.717, 1.165) is 26.8 Å². The number of hydrogen-bond donors (Lipinski definition) is 1. The number of nitrogens with zero attached hydrogens (tertiary/aromatic N) is 7. The van der Waals surface area contributed by atoms with E-state index in [1.807, 2.05) is 6.07 Å². The maximum atomic E-state index is 14.6. The van der Waals surface area contributed by atoms with E-state index in [1.54, 1.807) is 114 Å². The van der Waals surface area contributed by atoms with E-state index in [9.17, 15) is 32.3 Å². The van der Waals surface area contributed by atoms with Gasteiger partial charge < -0.3 is 23.6 Å². The minimum Gasteiger partial charge on any atom is -0.461 e. The molecule has 1 N–H and O–H groups in total. The molecule has 1 atom stereocenters. The number of nitrogens with one attached hydrogen (secondary N) is 1. The zero-order valence-corrected chi connectivity index (χ0v) is 38.4. The number of furan rings is 2. The lowest BCUT2D eigenvalue weighted by atomic mass is 10.1. The second kappa shape index (κ2) is 19.8. The fraction of sp³-hybridized carbons (Fsp3) is 0.261. The molecule has 0 bridgehead atoms. The molecule has 0 spiro atoms. The average Bonchev–Trinajstić information content (AvgIpc) is 4.09. The monoisotopic (exact) mass is 956 g/mol. The van der Waals surface area contributed by atoms with Gasteiger partial charge in [-0.15, -0.1) is 20.4 Å². The molecule has 4 heterocycles. The molecule has 0 radical (unpaired) electrons. The highest BCUT2D eigenvalue weighted by molar-refractivity contribution is 8.00. The maximum Gasteiger partial charge on any atom is 0.422 e. The van der Waals surface area contributed by atoms with E-state index in [-0.39, 0.29) is 74.7 Å². The Balaban J connectivity index is 1.08. The Kier molecular flexibility index (Phi) is 14.1. The first kappa shape index (κ1) is 47.8. The lowest BCUT2D eigenvalue weighted by Gasteiger charge is -2.26. The fourth-order valence-corrected chi connectivity index (χ4v) is 7.85. The molecule has 16 nitrogen and oxygen atoms in total. The Bertz CT molecular complexity index is 2840. The van der Waals surface area contributed by atoms with Gasteiger partial charge in [-0.1, -0.05) is 72.1 Å². The van der Waals surface area contributed by atoms with Crippen LogP contribution in [-0.4, -0.2) is 81.9 Å². The van der Waals surface area contributed by atoms with Crippen LogP contribution in [0, 0.1) is 0 Å². The Labute approximate surface area is 390 Å². The third-order valence-corrected chi connectivity index (χ3v) is 11.2. The van der Waals surface area contributed by atoms with Crippen molar-refractivity contribution in [2.45, 2.75) is 81.0 Å². The molecule has 0 saturated heterocycles. The molecular weight excluding hydrogens is 914 g/mol. The van der Waals surface area contributed by atoms with Crippen LogP contribution in [0.5, 0.6) is 0 Å². The predicted octanol–water partition coefficient (Wildman–Crippen LogP) is 10.6. The summed E-state index contributed by atoms with van der Waals surface area (Å²) in [4.78, 5) is 54.8. The minimum absolute atomic E-state index is 0.0439. The van der Waals surface area contributed by atoms with Gasteiger partial charge >= 0.3 is 18.4 Å². The van der Waals surface area contributed by atoms with Gasteiger partial charge in [-0.2, -0.15) is 13.2 Å². The van der Waals surface area contributed by atoms with E-state index in [2.05, 4.69) is 25.7 Å². The van der Waals surface area contributed by atoms with Crippen LogP contribution in [0.25, 0.3) is 34.5 Å². The Morgan fingerprint density at radius 3 is 1.97 bits per heavy atom. The van der Waals surface area contributed by atoms with Crippen LogP contribution in [0.1, 0.15) is 47.1 Å². The van der Waals surface area contributed by atoms with Gasteiger partial charge in [0.2, 0.25) is 28.6 Å². The van der Waals surface area contributed by atoms with E-state index in [0.29, 0.717) is 5.56 Å². The van der Waals surface area contributed by atoms with Crippen LogP contribution in [0.15, 0.2) is 135 Å². The van der Waals surface area contributed by atoms with Crippen molar-refractivity contribution in [1.82, 2.24) is 29.5 Å². The molecule has 0 aliphatic heterocycles. The van der Waals surface area contributed by atoms with Crippen molar-refractivity contribution in [2.75, 3.05) is 16.0 Å². The lowest BCUT2D eigenvalue weighted by molar-refractivity contribution is -0.146. The van der Waals surface area contributed by atoms with Crippen molar-refractivity contribution in [3.63, 3.8) is 0 Å². The average molecular weight is 957 g/mol. The quantitative estimate of drug-likeness (QED) is 0.107. The summed E-state index contributed by atoms with van der Waals surface area (Å²) in [7, 11) is 0. The lowest BCUT2D eigenvalue weighted by Crippen LogP contribution is -2.42. The van der Waals surface area contributed by atoms with Gasteiger partial charge in [-0.05, 0) is 108 Å². The van der Waals surface area contributed by atoms with Gasteiger partial charge in [0.15, 0.2) is 21.9 Å². The number of benzene rings is 3. The van der Waals surface area contributed by atoms with Crippen LogP contribution in [0.2, 0.25) is 0 Å². The number of alkyl halides is 3. The summed E-state index contributed by atoms with van der Waals surface area (Å²) in [6.07, 6.45) is -5.34. The fourth-order valence-electron chi connectivity index (χ4n) is 6.21. The van der Waals surface area contributed by atoms with Crippen LogP contribution in [0.3, 0.4) is 0 Å². The third-order valence-electron chi connectivity index (χ3n) is 9.04. The molecular formula is C46H43F3N8O8S2. The van der Waals surface area contributed by atoms with Crippen molar-refractivity contribution in [2.24, 2.45) is 0 Å². The van der Waals surface area contributed by atoms with Crippen molar-refractivity contribution < 1.29 is 50.7 Å². The number of rotatable bonds is 13. The molecule has 0 aliphatic rings. The molecule has 0 saturated carbocycles. The van der Waals surface area contributed by atoms with Gasteiger partial charge in [-0.25, -0.2) is 19.1 Å². The highest BCUT2D eigenvalue weighted by atomic mass is 32.2. The number of aromatic nitrogens is 6. The molecule has 3 amide bonds. The number of carbonyl (C=O) groups is 4. The Hall–Kier alpha value is -7.13. The molecule has 4 aromatic heterocycles. The zero-order chi connectivity index (χ0) is 48.1. The summed E-state index contributed by atoms with van der Waals surface area (Å²) in [5.41, 5.74) is -0.290. The standard InChI is InChI=1S/C46H43F3N8O8S2/c1-44(2,3)64-42(60)56(31-16-11-8-12-17-31)35(58)27-66-41-54-52-38(57(41)43(61)65-45(4,5)6)34-24-23-32(63-34)29-19-21-30(22-20-29)50-39(59)36(46(47,48)49)67-40-53-51-37(33-18-13-25-62-33)55(40)26-28-14-9-7-10-15-28/h7-25,36H,26-27H2,1-6H3,(H,50,59). The first-order valence-corrected chi connectivity index (χ1v) is 22.3. The number of ether oxygens (including phenoxy) is 2. The summed E-state index contributed by atoms with van der Waals surface area (Å²) in [5.74, 6) is -1.62. The minimum atomic E-state index is -4.98. The van der Waals surface area contributed by atoms with Gasteiger partial charge in [0.1, 0.15) is 17.0 Å². The number of halogens is 3. The molecule has 21 heteroatoms. The maximum absolute atomic E-state index is 14.6. The number of hydrogen-bond acceptors (Lipinski definition) is 14.